The van der Waals surface area contributed by atoms with Gasteiger partial charge < -0.3 is 28.4 Å². The first-order valence-corrected chi connectivity index (χ1v) is 11.5. The van der Waals surface area contributed by atoms with Gasteiger partial charge in [0.15, 0.2) is 24.8 Å². The maximum absolute atomic E-state index is 11.9. The molecule has 14 heteroatoms. The Hall–Kier alpha value is -3.98. The van der Waals surface area contributed by atoms with Crippen molar-refractivity contribution in [1.82, 2.24) is 0 Å². The van der Waals surface area contributed by atoms with Crippen LogP contribution < -0.4 is 0 Å². The number of hydrogen-bond donors (Lipinski definition) is 0. The number of benzene rings is 2. The first kappa shape index (κ1) is 27.1. The molecule has 0 radical (unpaired) electrons. The lowest BCUT2D eigenvalue weighted by Crippen LogP contribution is -2.57. The Labute approximate surface area is 215 Å². The summed E-state index contributed by atoms with van der Waals surface area (Å²) in [7, 11) is 0. The van der Waals surface area contributed by atoms with Crippen LogP contribution in [-0.2, 0) is 38.0 Å². The van der Waals surface area contributed by atoms with E-state index in [4.69, 9.17) is 28.4 Å². The molecule has 2 saturated heterocycles. The Morgan fingerprint density at radius 1 is 0.737 bits per heavy atom. The lowest BCUT2D eigenvalue weighted by Gasteiger charge is -2.44. The Bertz CT molecular complexity index is 1130. The second-order valence-electron chi connectivity index (χ2n) is 8.46. The van der Waals surface area contributed by atoms with Gasteiger partial charge in [0.25, 0.3) is 11.4 Å². The molecule has 202 valence electrons. The number of carbonyl (C=O) groups excluding carboxylic acids is 2. The maximum atomic E-state index is 11.9. The van der Waals surface area contributed by atoms with Crippen LogP contribution in [0, 0.1) is 20.2 Å². The highest BCUT2D eigenvalue weighted by atomic mass is 16.8. The van der Waals surface area contributed by atoms with Crippen LogP contribution in [-0.4, -0.2) is 59.4 Å². The molecule has 0 bridgehead atoms. The first-order valence-electron chi connectivity index (χ1n) is 11.5. The van der Waals surface area contributed by atoms with Gasteiger partial charge in [-0.3, -0.25) is 29.8 Å². The molecule has 2 fully saturated rings. The fraction of sp³-hybridized carbons (Fsp3) is 0.417. The monoisotopic (exact) mass is 532 g/mol. The van der Waals surface area contributed by atoms with E-state index in [1.165, 1.54) is 50.2 Å². The van der Waals surface area contributed by atoms with E-state index in [0.717, 1.165) is 0 Å². The minimum atomic E-state index is -1.26. The zero-order chi connectivity index (χ0) is 27.4. The molecule has 0 aliphatic carbocycles. The minimum absolute atomic E-state index is 0.107. The third kappa shape index (κ3) is 5.94. The van der Waals surface area contributed by atoms with E-state index in [0.29, 0.717) is 0 Å². The Morgan fingerprint density at radius 2 is 1.11 bits per heavy atom. The van der Waals surface area contributed by atoms with Crippen molar-refractivity contribution in [3.05, 3.63) is 79.9 Å². The van der Waals surface area contributed by atoms with Crippen LogP contribution in [0.2, 0.25) is 0 Å². The molecule has 2 aliphatic heterocycles. The molecule has 0 saturated carbocycles. The van der Waals surface area contributed by atoms with Gasteiger partial charge in [-0.15, -0.1) is 0 Å². The lowest BCUT2D eigenvalue weighted by atomic mass is 9.99. The molecule has 2 heterocycles. The summed E-state index contributed by atoms with van der Waals surface area (Å²) in [5.74, 6) is -1.33. The van der Waals surface area contributed by atoms with Crippen LogP contribution >= 0.6 is 0 Å². The largest absolute Gasteiger partial charge is 0.457 e. The van der Waals surface area contributed by atoms with E-state index >= 15 is 0 Å². The first-order chi connectivity index (χ1) is 18.2. The quantitative estimate of drug-likeness (QED) is 0.290. The fourth-order valence-electron chi connectivity index (χ4n) is 4.33. The van der Waals surface area contributed by atoms with Crippen molar-refractivity contribution in [2.75, 3.05) is 13.2 Å². The van der Waals surface area contributed by atoms with Gasteiger partial charge >= 0.3 is 11.9 Å². The number of nitro groups is 2. The number of nitro benzene ring substituents is 2. The van der Waals surface area contributed by atoms with Crippen molar-refractivity contribution >= 4 is 23.3 Å². The molecule has 0 aromatic heterocycles. The highest BCUT2D eigenvalue weighted by Crippen LogP contribution is 2.40. The number of para-hydroxylation sites is 2. The van der Waals surface area contributed by atoms with Crippen molar-refractivity contribution in [2.45, 2.75) is 50.8 Å². The number of ether oxygens (including phenoxy) is 6. The van der Waals surface area contributed by atoms with Crippen LogP contribution in [0.1, 0.15) is 37.6 Å². The zero-order valence-electron chi connectivity index (χ0n) is 20.3. The van der Waals surface area contributed by atoms with Crippen molar-refractivity contribution in [3.63, 3.8) is 0 Å². The standard InChI is InChI=1S/C24H24N2O12/c1-13(27)35-19-11-33-23(15-7-3-5-9-17(15)25(29)30)37-21(19)22-20(36-14(2)28)12-34-24(38-22)16-8-4-6-10-18(16)26(31)32/h3-10,19-24H,11-12H2,1-2H3/t19-,20-,21+,22+,23+,24+/m1/s1. The molecule has 0 spiro atoms. The SMILES string of the molecule is CC(=O)O[C@@H]1CO[C@H](c2ccccc2[N+](=O)[O-])O[C@@H]1[C@H]1O[C@@H](c2ccccc2[N+](=O)[O-])OC[C@H]1OC(C)=O. The Morgan fingerprint density at radius 3 is 1.45 bits per heavy atom. The second kappa shape index (κ2) is 11.6. The smallest absolute Gasteiger partial charge is 0.303 e. The molecule has 0 amide bonds. The third-order valence-electron chi connectivity index (χ3n) is 5.85. The average molecular weight is 532 g/mol. The predicted octanol–water partition coefficient (Wildman–Crippen LogP) is 2.89. The molecule has 14 nitrogen and oxygen atoms in total. The average Bonchev–Trinajstić information content (AvgIpc) is 2.88. The molecule has 0 N–H and O–H groups in total. The molecule has 0 unspecified atom stereocenters. The van der Waals surface area contributed by atoms with Crippen LogP contribution in [0.3, 0.4) is 0 Å². The Balaban J connectivity index is 1.71. The van der Waals surface area contributed by atoms with E-state index in [-0.39, 0.29) is 35.7 Å². The molecule has 6 atom stereocenters. The summed E-state index contributed by atoms with van der Waals surface area (Å²) in [6.45, 7) is 1.89. The fourth-order valence-corrected chi connectivity index (χ4v) is 4.33. The summed E-state index contributed by atoms with van der Waals surface area (Å²) in [5.41, 5.74) is -0.306. The summed E-state index contributed by atoms with van der Waals surface area (Å²) >= 11 is 0. The topological polar surface area (TPSA) is 176 Å². The summed E-state index contributed by atoms with van der Waals surface area (Å²) in [6.07, 6.45) is -7.00. The maximum Gasteiger partial charge on any atom is 0.303 e. The van der Waals surface area contributed by atoms with Gasteiger partial charge in [0.05, 0.1) is 34.2 Å². The predicted molar refractivity (Wildman–Crippen MR) is 124 cm³/mol. The number of hydrogen-bond acceptors (Lipinski definition) is 12. The van der Waals surface area contributed by atoms with Crippen LogP contribution in [0.25, 0.3) is 0 Å². The van der Waals surface area contributed by atoms with Gasteiger partial charge in [0, 0.05) is 26.0 Å². The minimum Gasteiger partial charge on any atom is -0.457 e. The molecule has 2 aromatic carbocycles. The molecular weight excluding hydrogens is 508 g/mol. The molecule has 2 aromatic rings. The Kier molecular flexibility index (Phi) is 8.26. The van der Waals surface area contributed by atoms with Gasteiger partial charge in [-0.25, -0.2) is 0 Å². The van der Waals surface area contributed by atoms with Gasteiger partial charge in [-0.05, 0) is 12.1 Å². The molecule has 2 aliphatic rings. The van der Waals surface area contributed by atoms with Gasteiger partial charge in [-0.1, -0.05) is 24.3 Å². The van der Waals surface area contributed by atoms with E-state index in [1.807, 2.05) is 0 Å². The van der Waals surface area contributed by atoms with Crippen LogP contribution in [0.4, 0.5) is 11.4 Å². The van der Waals surface area contributed by atoms with Crippen LogP contribution in [0.15, 0.2) is 48.5 Å². The summed E-state index contributed by atoms with van der Waals surface area (Å²) < 4.78 is 34.3. The number of nitrogens with zero attached hydrogens (tertiary/aromatic N) is 2. The van der Waals surface area contributed by atoms with Gasteiger partial charge in [0.1, 0.15) is 12.2 Å². The summed E-state index contributed by atoms with van der Waals surface area (Å²) in [6, 6.07) is 11.6. The van der Waals surface area contributed by atoms with Crippen molar-refractivity contribution < 1.29 is 47.9 Å². The van der Waals surface area contributed by atoms with E-state index in [2.05, 4.69) is 0 Å². The highest BCUT2D eigenvalue weighted by Gasteiger charge is 2.49. The van der Waals surface area contributed by atoms with Crippen molar-refractivity contribution in [2.24, 2.45) is 0 Å². The van der Waals surface area contributed by atoms with Crippen molar-refractivity contribution in [1.29, 1.82) is 0 Å². The normalized spacial score (nSPS) is 27.2. The van der Waals surface area contributed by atoms with E-state index < -0.39 is 58.8 Å². The summed E-state index contributed by atoms with van der Waals surface area (Å²) in [5, 5.41) is 23.2. The highest BCUT2D eigenvalue weighted by molar-refractivity contribution is 5.66. The molecule has 38 heavy (non-hydrogen) atoms. The zero-order valence-corrected chi connectivity index (χ0v) is 20.3. The lowest BCUT2D eigenvalue weighted by molar-refractivity contribution is -0.391. The van der Waals surface area contributed by atoms with Gasteiger partial charge in [0.2, 0.25) is 0 Å². The second-order valence-corrected chi connectivity index (χ2v) is 8.46. The van der Waals surface area contributed by atoms with Crippen LogP contribution in [0.5, 0.6) is 0 Å². The molecule has 4 rings (SSSR count). The summed E-state index contributed by atoms with van der Waals surface area (Å²) in [4.78, 5) is 45.7. The number of rotatable bonds is 7. The van der Waals surface area contributed by atoms with Gasteiger partial charge in [-0.2, -0.15) is 0 Å². The number of esters is 2. The van der Waals surface area contributed by atoms with E-state index in [1.54, 1.807) is 12.1 Å². The third-order valence-corrected chi connectivity index (χ3v) is 5.85. The molecular formula is C24H24N2O12. The van der Waals surface area contributed by atoms with Crippen molar-refractivity contribution in [3.8, 4) is 0 Å². The number of carbonyl (C=O) groups is 2. The van der Waals surface area contributed by atoms with E-state index in [9.17, 15) is 29.8 Å².